The molecule has 13 heteroatoms. The normalized spacial score (nSPS) is 10.9. The first kappa shape index (κ1) is 87.2. The van der Waals surface area contributed by atoms with Crippen molar-refractivity contribution in [2.45, 2.75) is 186 Å². The van der Waals surface area contributed by atoms with Crippen molar-refractivity contribution in [3.8, 4) is 0 Å². The number of nitrogens with two attached hydrogens (primary N) is 1. The lowest BCUT2D eigenvalue weighted by Gasteiger charge is -2.12. The van der Waals surface area contributed by atoms with E-state index in [4.69, 9.17) is 5.73 Å². The summed E-state index contributed by atoms with van der Waals surface area (Å²) in [7, 11) is 20.5. The van der Waals surface area contributed by atoms with Gasteiger partial charge in [-0.05, 0) is 193 Å². The molecule has 1 aliphatic heterocycles. The molecule has 0 bridgehead atoms. The number of amidine groups is 1. The zero-order valence-corrected chi connectivity index (χ0v) is 49.1. The van der Waals surface area contributed by atoms with Gasteiger partial charge in [0.25, 0.3) is 0 Å². The molecule has 1 aliphatic rings. The Balaban J connectivity index is -0.0000000886. The van der Waals surface area contributed by atoms with Gasteiger partial charge >= 0.3 is 0 Å². The number of nitrogens with one attached hydrogen (secondary N) is 7. The largest absolute Gasteiger partial charge is 0.388 e. The highest BCUT2D eigenvalue weighted by atomic mass is 15.1. The number of likely N-dealkylation sites (N-methyl/N-ethyl adjacent to an activating group) is 2. The zero-order chi connectivity index (χ0) is 52.3. The van der Waals surface area contributed by atoms with E-state index in [0.29, 0.717) is 5.84 Å². The van der Waals surface area contributed by atoms with Gasteiger partial charge in [0.05, 0.1) is 5.84 Å². The van der Waals surface area contributed by atoms with Crippen LogP contribution in [0.5, 0.6) is 0 Å². The van der Waals surface area contributed by atoms with Crippen molar-refractivity contribution in [2.24, 2.45) is 15.7 Å². The summed E-state index contributed by atoms with van der Waals surface area (Å²) >= 11 is 0. The van der Waals surface area contributed by atoms with E-state index in [1.54, 1.807) is 6.92 Å². The minimum Gasteiger partial charge on any atom is -0.388 e. The van der Waals surface area contributed by atoms with Crippen LogP contribution in [0.3, 0.4) is 0 Å². The van der Waals surface area contributed by atoms with E-state index in [2.05, 4.69) is 125 Å². The molecule has 13 nitrogen and oxygen atoms in total. The van der Waals surface area contributed by atoms with E-state index in [-0.39, 0.29) is 14.9 Å². The number of hydrogen-bond donors (Lipinski definition) is 8. The summed E-state index contributed by atoms with van der Waals surface area (Å²) in [6.07, 6.45) is 27.5. The fraction of sp³-hybridized carbons (Fsp3) is 0.929. The van der Waals surface area contributed by atoms with Crippen molar-refractivity contribution in [3.05, 3.63) is 11.8 Å². The molecule has 0 spiro atoms. The van der Waals surface area contributed by atoms with Gasteiger partial charge in [-0.1, -0.05) is 121 Å². The van der Waals surface area contributed by atoms with Crippen LogP contribution in [-0.2, 0) is 0 Å². The average molecular weight is 993 g/mol. The summed E-state index contributed by atoms with van der Waals surface area (Å²) in [6, 6.07) is 0. The van der Waals surface area contributed by atoms with Gasteiger partial charge in [-0.2, -0.15) is 0 Å². The average Bonchev–Trinajstić information content (AvgIpc) is 3.85. The molecular weight excluding hydrogens is 855 g/mol. The molecule has 0 atom stereocenters. The Morgan fingerprint density at radius 2 is 0.855 bits per heavy atom. The van der Waals surface area contributed by atoms with E-state index in [9.17, 15) is 0 Å². The molecule has 426 valence electrons. The van der Waals surface area contributed by atoms with E-state index < -0.39 is 0 Å². The van der Waals surface area contributed by atoms with E-state index in [1.807, 2.05) is 68.3 Å². The van der Waals surface area contributed by atoms with Crippen molar-refractivity contribution < 1.29 is 0 Å². The topological polar surface area (TPSA) is 145 Å². The van der Waals surface area contributed by atoms with E-state index in [1.165, 1.54) is 128 Å². The Kier molecular flexibility index (Phi) is 113. The summed E-state index contributed by atoms with van der Waals surface area (Å²) < 4.78 is 0. The highest BCUT2D eigenvalue weighted by Crippen LogP contribution is 2.12. The molecule has 0 aliphatic carbocycles. The third-order valence-electron chi connectivity index (χ3n) is 9.49. The Bertz CT molecular complexity index is 835. The molecule has 0 aromatic heterocycles. The Hall–Kier alpha value is -1.52. The number of nitrogens with zero attached hydrogens (tertiary/aromatic N) is 5. The fourth-order valence-electron chi connectivity index (χ4n) is 5.49. The van der Waals surface area contributed by atoms with Crippen LogP contribution in [0.25, 0.3) is 0 Å². The van der Waals surface area contributed by atoms with Crippen molar-refractivity contribution in [1.29, 1.82) is 0 Å². The molecular formula is C56H137N13. The first-order valence-electron chi connectivity index (χ1n) is 27.5. The van der Waals surface area contributed by atoms with Crippen LogP contribution in [-0.4, -0.2) is 189 Å². The summed E-state index contributed by atoms with van der Waals surface area (Å²) in [5, 5.41) is 22.7. The smallest absolute Gasteiger partial charge is 0.0905 e. The van der Waals surface area contributed by atoms with Gasteiger partial charge in [0.1, 0.15) is 0 Å². The number of rotatable bonds is 37. The minimum atomic E-state index is 0. The third kappa shape index (κ3) is 118. The van der Waals surface area contributed by atoms with Crippen molar-refractivity contribution >= 4 is 12.1 Å². The lowest BCUT2D eigenvalue weighted by Crippen LogP contribution is -2.31. The van der Waals surface area contributed by atoms with Crippen LogP contribution in [0, 0.1) is 0 Å². The highest BCUT2D eigenvalue weighted by molar-refractivity contribution is 5.77. The van der Waals surface area contributed by atoms with Crippen LogP contribution in [0.15, 0.2) is 21.8 Å². The van der Waals surface area contributed by atoms with Crippen molar-refractivity contribution in [1.82, 2.24) is 51.9 Å². The maximum absolute atomic E-state index is 5.30. The molecule has 0 unspecified atom stereocenters. The molecule has 0 amide bonds. The monoisotopic (exact) mass is 992 g/mol. The number of allylic oxidation sites excluding steroid dienone is 1. The molecule has 0 radical (unpaired) electrons. The maximum atomic E-state index is 5.30. The van der Waals surface area contributed by atoms with Crippen molar-refractivity contribution in [2.75, 3.05) is 162 Å². The molecule has 1 rings (SSSR count). The van der Waals surface area contributed by atoms with Gasteiger partial charge < -0.3 is 57.7 Å². The van der Waals surface area contributed by atoms with Crippen LogP contribution < -0.4 is 43.0 Å². The molecule has 69 heavy (non-hydrogen) atoms. The molecule has 0 aromatic carbocycles. The summed E-state index contributed by atoms with van der Waals surface area (Å²) in [5.74, 6) is 0.672. The standard InChI is InChI=1S/C13H30N2.C9H22N2.C8H21N3.C8H14N2.C6H15N3.C6H15N.2C2H6.2CH4/c1-3-4-5-6-7-8-9-12-15-13-10-11-14-2;1-3-4-5-8-11-9-6-7-10-2;1-10(2)7-5-9-6-8-11(3)4;1-9-5-2-3-8-4-6-10-7-8;1-6(7)9-5-3-4-8-2;1-4-5-6-7(2)3;2*1-2;;/h14-15H,3-13H2,1-2H3;10-11H,3-9H2,1-2H3;9H,5-8H2,1-4H3;6-7,9H,2-5H2,1H3;8H,3-5H2,1-2H3,(H2,7,9);4-6H2,1-3H3;2*1-2H3;2*1H4. The quantitative estimate of drug-likeness (QED) is 0.0171. The Morgan fingerprint density at radius 1 is 0.493 bits per heavy atom. The minimum absolute atomic E-state index is 0. The predicted octanol–water partition coefficient (Wildman–Crippen LogP) is 10.0. The second-order valence-electron chi connectivity index (χ2n) is 17.3. The predicted molar refractivity (Wildman–Crippen MR) is 325 cm³/mol. The molecule has 0 saturated carbocycles. The van der Waals surface area contributed by atoms with Crippen molar-refractivity contribution in [3.63, 3.8) is 0 Å². The van der Waals surface area contributed by atoms with Gasteiger partial charge in [-0.15, -0.1) is 0 Å². The van der Waals surface area contributed by atoms with Crippen LogP contribution in [0.2, 0.25) is 0 Å². The van der Waals surface area contributed by atoms with Crippen LogP contribution >= 0.6 is 0 Å². The molecule has 9 N–H and O–H groups in total. The Labute approximate surface area is 437 Å². The summed E-state index contributed by atoms with van der Waals surface area (Å²) in [6.45, 7) is 32.1. The van der Waals surface area contributed by atoms with Gasteiger partial charge in [0, 0.05) is 51.6 Å². The van der Waals surface area contributed by atoms with Gasteiger partial charge in [0.15, 0.2) is 0 Å². The summed E-state index contributed by atoms with van der Waals surface area (Å²) in [5.41, 5.74) is 6.77. The molecule has 0 saturated heterocycles. The molecule has 1 heterocycles. The van der Waals surface area contributed by atoms with Gasteiger partial charge in [-0.25, -0.2) is 0 Å². The lowest BCUT2D eigenvalue weighted by atomic mass is 10.1. The number of aliphatic imine (C=N–C) groups is 2. The zero-order valence-electron chi connectivity index (χ0n) is 49.1. The second kappa shape index (κ2) is 89.4. The summed E-state index contributed by atoms with van der Waals surface area (Å²) in [4.78, 5) is 14.6. The number of hydrogen-bond acceptors (Lipinski definition) is 12. The molecule has 0 aromatic rings. The third-order valence-corrected chi connectivity index (χ3v) is 9.49. The van der Waals surface area contributed by atoms with Crippen LogP contribution in [0.4, 0.5) is 0 Å². The second-order valence-corrected chi connectivity index (χ2v) is 17.3. The molecule has 0 fully saturated rings. The van der Waals surface area contributed by atoms with E-state index in [0.717, 1.165) is 84.8 Å². The first-order valence-corrected chi connectivity index (χ1v) is 27.5. The fourth-order valence-corrected chi connectivity index (χ4v) is 5.49. The SMILES string of the molecule is C.C.CC.CC.CCCCCCCCCNCCCNC.CCCCCNCCCNC.CCCCN(C)C.CN(C)CCNCCN(C)C.CNCCCC1=CN=CC1.CNCCCN=C(C)N. The van der Waals surface area contributed by atoms with Gasteiger partial charge in [-0.3, -0.25) is 9.98 Å². The number of unbranched alkanes of at least 4 members (excludes halogenated alkanes) is 9. The highest BCUT2D eigenvalue weighted by Gasteiger charge is 1.98. The van der Waals surface area contributed by atoms with Gasteiger partial charge in [0.2, 0.25) is 0 Å². The maximum Gasteiger partial charge on any atom is 0.0905 e. The first-order chi connectivity index (χ1) is 32.4. The van der Waals surface area contributed by atoms with E-state index >= 15 is 0 Å². The Morgan fingerprint density at radius 3 is 1.23 bits per heavy atom. The van der Waals surface area contributed by atoms with Crippen LogP contribution in [0.1, 0.15) is 186 Å². The lowest BCUT2D eigenvalue weighted by molar-refractivity contribution is 0.373.